The summed E-state index contributed by atoms with van der Waals surface area (Å²) >= 11 is 0. The Labute approximate surface area is 115 Å². The van der Waals surface area contributed by atoms with Gasteiger partial charge in [0, 0.05) is 25.0 Å². The van der Waals surface area contributed by atoms with Gasteiger partial charge in [-0.25, -0.2) is 0 Å². The molecule has 0 bridgehead atoms. The minimum Gasteiger partial charge on any atom is -0.376 e. The highest BCUT2D eigenvalue weighted by Crippen LogP contribution is 2.12. The fourth-order valence-corrected chi connectivity index (χ4v) is 2.44. The van der Waals surface area contributed by atoms with Crippen molar-refractivity contribution in [3.05, 3.63) is 18.0 Å². The number of nitrogens with zero attached hydrogens (tertiary/aromatic N) is 2. The van der Waals surface area contributed by atoms with Crippen LogP contribution in [0.2, 0.25) is 0 Å². The van der Waals surface area contributed by atoms with Crippen LogP contribution in [0.1, 0.15) is 25.5 Å². The monoisotopic (exact) mass is 267 g/mol. The van der Waals surface area contributed by atoms with Crippen molar-refractivity contribution in [2.75, 3.05) is 26.4 Å². The largest absolute Gasteiger partial charge is 0.376 e. The van der Waals surface area contributed by atoms with Gasteiger partial charge in [-0.2, -0.15) is 5.10 Å². The van der Waals surface area contributed by atoms with E-state index in [9.17, 15) is 0 Å². The summed E-state index contributed by atoms with van der Waals surface area (Å²) in [6.45, 7) is 5.34. The van der Waals surface area contributed by atoms with Crippen LogP contribution >= 0.6 is 0 Å². The van der Waals surface area contributed by atoms with E-state index in [0.29, 0.717) is 19.3 Å². The number of hydrogen-bond donors (Lipinski definition) is 1. The second kappa shape index (κ2) is 7.62. The van der Waals surface area contributed by atoms with E-state index in [4.69, 9.17) is 9.47 Å². The van der Waals surface area contributed by atoms with Gasteiger partial charge >= 0.3 is 0 Å². The molecule has 0 amide bonds. The second-order valence-corrected chi connectivity index (χ2v) is 5.03. The van der Waals surface area contributed by atoms with Crippen molar-refractivity contribution < 1.29 is 9.47 Å². The molecule has 1 aliphatic heterocycles. The molecule has 1 saturated heterocycles. The normalized spacial score (nSPS) is 21.5. The maximum atomic E-state index is 5.83. The highest BCUT2D eigenvalue weighted by molar-refractivity contribution is 5.01. The van der Waals surface area contributed by atoms with E-state index in [1.807, 2.05) is 17.9 Å². The molecule has 1 fully saturated rings. The van der Waals surface area contributed by atoms with Crippen LogP contribution in [0.25, 0.3) is 0 Å². The first-order valence-corrected chi connectivity index (χ1v) is 7.21. The van der Waals surface area contributed by atoms with Gasteiger partial charge in [0.25, 0.3) is 0 Å². The number of aryl methyl sites for hydroxylation is 2. The van der Waals surface area contributed by atoms with Crippen molar-refractivity contribution in [1.29, 1.82) is 0 Å². The Hall–Kier alpha value is -0.910. The van der Waals surface area contributed by atoms with Crippen LogP contribution in [-0.4, -0.2) is 48.3 Å². The van der Waals surface area contributed by atoms with Crippen LogP contribution in [0.15, 0.2) is 12.3 Å². The number of hydrogen-bond acceptors (Lipinski definition) is 4. The summed E-state index contributed by atoms with van der Waals surface area (Å²) in [5, 5.41) is 7.80. The fraction of sp³-hybridized carbons (Fsp3) is 0.786. The zero-order valence-corrected chi connectivity index (χ0v) is 12.0. The molecule has 1 aliphatic rings. The average Bonchev–Trinajstić information content (AvgIpc) is 2.85. The van der Waals surface area contributed by atoms with E-state index < -0.39 is 0 Å². The molecule has 2 atom stereocenters. The predicted octanol–water partition coefficient (Wildman–Crippen LogP) is 1.14. The molecule has 0 radical (unpaired) electrons. The minimum absolute atomic E-state index is 0.175. The quantitative estimate of drug-likeness (QED) is 0.805. The van der Waals surface area contributed by atoms with Gasteiger partial charge in [-0.15, -0.1) is 0 Å². The Morgan fingerprint density at radius 3 is 3.05 bits per heavy atom. The molecule has 0 saturated carbocycles. The van der Waals surface area contributed by atoms with Crippen molar-refractivity contribution in [3.63, 3.8) is 0 Å². The smallest absolute Gasteiger partial charge is 0.0962 e. The van der Waals surface area contributed by atoms with Gasteiger partial charge in [0.15, 0.2) is 0 Å². The summed E-state index contributed by atoms with van der Waals surface area (Å²) in [5.41, 5.74) is 1.26. The van der Waals surface area contributed by atoms with Crippen molar-refractivity contribution in [2.24, 2.45) is 7.05 Å². The fourth-order valence-electron chi connectivity index (χ4n) is 2.44. The summed E-state index contributed by atoms with van der Waals surface area (Å²) in [6, 6.07) is 2.44. The molecule has 5 heteroatoms. The zero-order chi connectivity index (χ0) is 13.5. The molecule has 2 unspecified atom stereocenters. The van der Waals surface area contributed by atoms with Crippen molar-refractivity contribution >= 4 is 0 Å². The molecular weight excluding hydrogens is 242 g/mol. The summed E-state index contributed by atoms with van der Waals surface area (Å²) in [7, 11) is 1.99. The highest BCUT2D eigenvalue weighted by atomic mass is 16.6. The Morgan fingerprint density at radius 2 is 2.42 bits per heavy atom. The number of aromatic nitrogens is 2. The molecule has 0 spiro atoms. The number of rotatable bonds is 7. The molecule has 108 valence electrons. The van der Waals surface area contributed by atoms with E-state index >= 15 is 0 Å². The van der Waals surface area contributed by atoms with E-state index in [1.165, 1.54) is 5.69 Å². The molecule has 5 nitrogen and oxygen atoms in total. The Kier molecular flexibility index (Phi) is 5.82. The first kappa shape index (κ1) is 14.5. The van der Waals surface area contributed by atoms with E-state index in [-0.39, 0.29) is 6.10 Å². The summed E-state index contributed by atoms with van der Waals surface area (Å²) in [4.78, 5) is 0. The molecule has 2 rings (SSSR count). The molecule has 19 heavy (non-hydrogen) atoms. The van der Waals surface area contributed by atoms with Crippen molar-refractivity contribution in [1.82, 2.24) is 15.1 Å². The third-order valence-corrected chi connectivity index (χ3v) is 3.58. The third-order valence-electron chi connectivity index (χ3n) is 3.58. The Balaban J connectivity index is 1.87. The highest BCUT2D eigenvalue weighted by Gasteiger charge is 2.24. The molecule has 1 aromatic heterocycles. The summed E-state index contributed by atoms with van der Waals surface area (Å²) in [6.07, 6.45) is 5.22. The predicted molar refractivity (Wildman–Crippen MR) is 74.2 cm³/mol. The molecule has 0 aliphatic carbocycles. The lowest BCUT2D eigenvalue weighted by atomic mass is 10.0. The number of nitrogens with one attached hydrogen (secondary N) is 1. The van der Waals surface area contributed by atoms with Crippen molar-refractivity contribution in [3.8, 4) is 0 Å². The average molecular weight is 267 g/mol. The third kappa shape index (κ3) is 4.30. The molecule has 0 aromatic carbocycles. The van der Waals surface area contributed by atoms with E-state index in [0.717, 1.165) is 32.4 Å². The number of ether oxygens (including phenoxy) is 2. The van der Waals surface area contributed by atoms with Crippen LogP contribution in [-0.2, 0) is 22.9 Å². The van der Waals surface area contributed by atoms with Gasteiger partial charge in [0.05, 0.1) is 25.9 Å². The van der Waals surface area contributed by atoms with Gasteiger partial charge in [-0.1, -0.05) is 6.92 Å². The Morgan fingerprint density at radius 1 is 1.53 bits per heavy atom. The second-order valence-electron chi connectivity index (χ2n) is 5.03. The Bertz CT molecular complexity index is 361. The lowest BCUT2D eigenvalue weighted by Gasteiger charge is -2.31. The minimum atomic E-state index is 0.175. The first-order valence-electron chi connectivity index (χ1n) is 7.21. The zero-order valence-electron chi connectivity index (χ0n) is 12.0. The first-order chi connectivity index (χ1) is 9.31. The van der Waals surface area contributed by atoms with E-state index in [2.05, 4.69) is 23.4 Å². The molecule has 1 N–H and O–H groups in total. The van der Waals surface area contributed by atoms with Gasteiger partial charge < -0.3 is 14.8 Å². The summed E-state index contributed by atoms with van der Waals surface area (Å²) in [5.74, 6) is 0. The van der Waals surface area contributed by atoms with Crippen LogP contribution < -0.4 is 5.32 Å². The lowest BCUT2D eigenvalue weighted by molar-refractivity contribution is -0.102. The van der Waals surface area contributed by atoms with Crippen molar-refractivity contribution in [2.45, 2.75) is 38.3 Å². The SMILES string of the molecule is CCCNC(CCc1ccnn1C)C1COCCO1. The summed E-state index contributed by atoms with van der Waals surface area (Å²) < 4.78 is 13.3. The topological polar surface area (TPSA) is 48.3 Å². The lowest BCUT2D eigenvalue weighted by Crippen LogP contribution is -2.47. The van der Waals surface area contributed by atoms with Gasteiger partial charge in [0.1, 0.15) is 0 Å². The maximum Gasteiger partial charge on any atom is 0.0962 e. The van der Waals surface area contributed by atoms with Crippen LogP contribution in [0.3, 0.4) is 0 Å². The van der Waals surface area contributed by atoms with Gasteiger partial charge in [0.2, 0.25) is 0 Å². The van der Waals surface area contributed by atoms with Crippen LogP contribution in [0.5, 0.6) is 0 Å². The van der Waals surface area contributed by atoms with Gasteiger partial charge in [-0.3, -0.25) is 4.68 Å². The molecule has 1 aromatic rings. The van der Waals surface area contributed by atoms with Crippen LogP contribution in [0.4, 0.5) is 0 Å². The standard InChI is InChI=1S/C14H25N3O2/c1-3-7-15-13(14-11-18-9-10-19-14)5-4-12-6-8-16-17(12)2/h6,8,13-15H,3-5,7,9-11H2,1-2H3. The van der Waals surface area contributed by atoms with Gasteiger partial charge in [-0.05, 0) is 31.9 Å². The van der Waals surface area contributed by atoms with E-state index in [1.54, 1.807) is 0 Å². The maximum absolute atomic E-state index is 5.83. The molecule has 2 heterocycles. The van der Waals surface area contributed by atoms with Crippen LogP contribution in [0, 0.1) is 0 Å². The molecular formula is C14H25N3O2.